The van der Waals surface area contributed by atoms with E-state index in [0.29, 0.717) is 13.0 Å². The highest BCUT2D eigenvalue weighted by Gasteiger charge is 2.42. The molecule has 0 amide bonds. The highest BCUT2D eigenvalue weighted by molar-refractivity contribution is 5.66. The number of carboxylic acids is 1. The van der Waals surface area contributed by atoms with Gasteiger partial charge in [-0.3, -0.25) is 9.78 Å². The molecule has 0 radical (unpaired) electrons. The summed E-state index contributed by atoms with van der Waals surface area (Å²) >= 11 is 0. The molecule has 1 aromatic carbocycles. The lowest BCUT2D eigenvalue weighted by molar-refractivity contribution is -0.288. The second-order valence-corrected chi connectivity index (χ2v) is 7.93. The van der Waals surface area contributed by atoms with Crippen LogP contribution in [-0.2, 0) is 14.3 Å². The molecule has 1 N–H and O–H groups in total. The topological polar surface area (TPSA) is 77.9 Å². The molecular weight excluding hydrogens is 382 g/mol. The highest BCUT2D eigenvalue weighted by atomic mass is 16.7. The number of ether oxygens (including phenoxy) is 3. The first kappa shape index (κ1) is 22.0. The van der Waals surface area contributed by atoms with Gasteiger partial charge in [0.2, 0.25) is 0 Å². The van der Waals surface area contributed by atoms with Crippen LogP contribution >= 0.6 is 0 Å². The quantitative estimate of drug-likeness (QED) is 0.598. The molecule has 0 bridgehead atoms. The summed E-state index contributed by atoms with van der Waals surface area (Å²) in [7, 11) is 0. The first-order chi connectivity index (χ1) is 14.5. The second kappa shape index (κ2) is 10.4. The minimum atomic E-state index is -0.791. The van der Waals surface area contributed by atoms with Crippen molar-refractivity contribution < 1.29 is 24.1 Å². The maximum absolute atomic E-state index is 10.7. The molecule has 2 aromatic rings. The minimum absolute atomic E-state index is 0.0963. The predicted octanol–water partition coefficient (Wildman–Crippen LogP) is 4.78. The van der Waals surface area contributed by atoms with Gasteiger partial charge in [0.25, 0.3) is 0 Å². The summed E-state index contributed by atoms with van der Waals surface area (Å²) in [5, 5.41) is 8.77. The van der Waals surface area contributed by atoms with Crippen molar-refractivity contribution in [1.29, 1.82) is 0 Å². The van der Waals surface area contributed by atoms with Crippen molar-refractivity contribution in [2.75, 3.05) is 6.61 Å². The Labute approximate surface area is 177 Å². The Morgan fingerprint density at radius 3 is 2.73 bits per heavy atom. The Balaban J connectivity index is 1.70. The molecule has 0 saturated carbocycles. The van der Waals surface area contributed by atoms with Gasteiger partial charge in [0.1, 0.15) is 5.75 Å². The number of aliphatic carboxylic acids is 1. The van der Waals surface area contributed by atoms with Crippen LogP contribution in [0.5, 0.6) is 5.75 Å². The number of para-hydroxylation sites is 1. The van der Waals surface area contributed by atoms with Crippen molar-refractivity contribution >= 4 is 5.97 Å². The van der Waals surface area contributed by atoms with E-state index < -0.39 is 17.9 Å². The van der Waals surface area contributed by atoms with Crippen LogP contribution in [0.2, 0.25) is 0 Å². The van der Waals surface area contributed by atoms with Gasteiger partial charge in [0, 0.05) is 24.7 Å². The molecule has 0 spiro atoms. The summed E-state index contributed by atoms with van der Waals surface area (Å²) < 4.78 is 18.6. The molecule has 1 aliphatic heterocycles. The van der Waals surface area contributed by atoms with E-state index in [2.05, 4.69) is 4.98 Å². The maximum Gasteiger partial charge on any atom is 0.303 e. The van der Waals surface area contributed by atoms with Gasteiger partial charge in [-0.15, -0.1) is 0 Å². The third-order valence-corrected chi connectivity index (χ3v) is 5.00. The van der Waals surface area contributed by atoms with E-state index in [4.69, 9.17) is 19.3 Å². The molecule has 1 aromatic heterocycles. The van der Waals surface area contributed by atoms with Crippen molar-refractivity contribution in [3.63, 3.8) is 0 Å². The Morgan fingerprint density at radius 1 is 1.23 bits per heavy atom. The SMILES string of the molecule is CC(C)(Oc1ccccc1)C1OCC(C/C=C\CCC(=O)O)C(c2cccnc2)O1. The number of hydrogen-bond acceptors (Lipinski definition) is 5. The average molecular weight is 411 g/mol. The first-order valence-electron chi connectivity index (χ1n) is 10.2. The molecule has 6 nitrogen and oxygen atoms in total. The zero-order valence-corrected chi connectivity index (χ0v) is 17.4. The van der Waals surface area contributed by atoms with Gasteiger partial charge in [-0.2, -0.15) is 0 Å². The number of carboxylic acid groups (broad SMARTS) is 1. The van der Waals surface area contributed by atoms with Crippen LogP contribution in [-0.4, -0.2) is 34.6 Å². The van der Waals surface area contributed by atoms with Crippen molar-refractivity contribution in [3.8, 4) is 5.75 Å². The number of rotatable bonds is 9. The van der Waals surface area contributed by atoms with Gasteiger partial charge in [-0.1, -0.05) is 36.4 Å². The van der Waals surface area contributed by atoms with E-state index in [1.165, 1.54) is 0 Å². The fourth-order valence-electron chi connectivity index (χ4n) is 3.47. The van der Waals surface area contributed by atoms with Crippen LogP contribution in [0.4, 0.5) is 0 Å². The molecule has 2 heterocycles. The molecule has 3 rings (SSSR count). The number of hydrogen-bond donors (Lipinski definition) is 1. The lowest BCUT2D eigenvalue weighted by Crippen LogP contribution is -2.50. The first-order valence-corrected chi connectivity index (χ1v) is 10.2. The molecule has 3 unspecified atom stereocenters. The summed E-state index contributed by atoms with van der Waals surface area (Å²) in [5.74, 6) is 0.0656. The normalized spacial score (nSPS) is 22.1. The molecule has 1 saturated heterocycles. The molecule has 0 aliphatic carbocycles. The van der Waals surface area contributed by atoms with E-state index in [1.54, 1.807) is 6.20 Å². The summed E-state index contributed by atoms with van der Waals surface area (Å²) in [5.41, 5.74) is 0.301. The van der Waals surface area contributed by atoms with E-state index in [0.717, 1.165) is 17.7 Å². The van der Waals surface area contributed by atoms with Crippen LogP contribution in [0.15, 0.2) is 67.0 Å². The van der Waals surface area contributed by atoms with Crippen LogP contribution in [0.1, 0.15) is 44.8 Å². The standard InChI is InChI=1S/C24H29NO5/c1-24(2,30-20-12-6-4-7-13-20)23-28-17-19(10-5-3-8-14-21(26)27)22(29-23)18-11-9-15-25-16-18/h3-7,9,11-13,15-16,19,22-23H,8,10,14,17H2,1-2H3,(H,26,27)/b5-3-. The molecule has 30 heavy (non-hydrogen) atoms. The highest BCUT2D eigenvalue weighted by Crippen LogP contribution is 2.38. The molecule has 6 heteroatoms. The van der Waals surface area contributed by atoms with Crippen molar-refractivity contribution in [1.82, 2.24) is 4.98 Å². The third-order valence-electron chi connectivity index (χ3n) is 5.00. The smallest absolute Gasteiger partial charge is 0.303 e. The van der Waals surface area contributed by atoms with Crippen LogP contribution in [0, 0.1) is 5.92 Å². The average Bonchev–Trinajstić information content (AvgIpc) is 2.74. The Bertz CT molecular complexity index is 822. The van der Waals surface area contributed by atoms with Gasteiger partial charge in [-0.05, 0) is 50.5 Å². The molecule has 1 aliphatic rings. The number of pyridine rings is 1. The van der Waals surface area contributed by atoms with Crippen molar-refractivity contribution in [2.24, 2.45) is 5.92 Å². The summed E-state index contributed by atoms with van der Waals surface area (Å²) in [6.45, 7) is 4.42. The third kappa shape index (κ3) is 6.15. The number of nitrogens with zero attached hydrogens (tertiary/aromatic N) is 1. The monoisotopic (exact) mass is 411 g/mol. The number of allylic oxidation sites excluding steroid dienone is 2. The minimum Gasteiger partial charge on any atom is -0.483 e. The number of benzene rings is 1. The van der Waals surface area contributed by atoms with E-state index in [1.807, 2.05) is 74.7 Å². The zero-order valence-electron chi connectivity index (χ0n) is 17.4. The summed E-state index contributed by atoms with van der Waals surface area (Å²) in [6.07, 6.45) is 8.11. The van der Waals surface area contributed by atoms with Gasteiger partial charge in [-0.25, -0.2) is 0 Å². The van der Waals surface area contributed by atoms with E-state index in [-0.39, 0.29) is 18.4 Å². The fraction of sp³-hybridized carbons (Fsp3) is 0.417. The number of carbonyl (C=O) groups is 1. The van der Waals surface area contributed by atoms with Gasteiger partial charge in [0.05, 0.1) is 12.7 Å². The molecular formula is C24H29NO5. The Hall–Kier alpha value is -2.70. The van der Waals surface area contributed by atoms with Crippen molar-refractivity contribution in [2.45, 2.75) is 51.1 Å². The Kier molecular flexibility index (Phi) is 7.60. The number of aromatic nitrogens is 1. The lowest BCUT2D eigenvalue weighted by atomic mass is 9.92. The lowest BCUT2D eigenvalue weighted by Gasteiger charge is -2.42. The van der Waals surface area contributed by atoms with Gasteiger partial charge < -0.3 is 19.3 Å². The summed E-state index contributed by atoms with van der Waals surface area (Å²) in [4.78, 5) is 14.9. The summed E-state index contributed by atoms with van der Waals surface area (Å²) in [6, 6.07) is 13.5. The fourth-order valence-corrected chi connectivity index (χ4v) is 3.47. The van der Waals surface area contributed by atoms with Crippen LogP contribution < -0.4 is 4.74 Å². The molecule has 1 fully saturated rings. The predicted molar refractivity (Wildman–Crippen MR) is 113 cm³/mol. The largest absolute Gasteiger partial charge is 0.483 e. The second-order valence-electron chi connectivity index (χ2n) is 7.93. The zero-order chi connectivity index (χ0) is 21.4. The van der Waals surface area contributed by atoms with Gasteiger partial charge in [0.15, 0.2) is 11.9 Å². The van der Waals surface area contributed by atoms with Crippen LogP contribution in [0.3, 0.4) is 0 Å². The maximum atomic E-state index is 10.7. The van der Waals surface area contributed by atoms with Gasteiger partial charge >= 0.3 is 5.97 Å². The van der Waals surface area contributed by atoms with Crippen LogP contribution in [0.25, 0.3) is 0 Å². The molecule has 3 atom stereocenters. The Morgan fingerprint density at radius 2 is 2.03 bits per heavy atom. The van der Waals surface area contributed by atoms with Crippen molar-refractivity contribution in [3.05, 3.63) is 72.6 Å². The molecule has 160 valence electrons. The van der Waals surface area contributed by atoms with E-state index in [9.17, 15) is 4.79 Å². The van der Waals surface area contributed by atoms with E-state index >= 15 is 0 Å².